The van der Waals surface area contributed by atoms with Gasteiger partial charge in [0.15, 0.2) is 5.76 Å². The molecule has 174 valence electrons. The highest BCUT2D eigenvalue weighted by Crippen LogP contribution is 2.26. The van der Waals surface area contributed by atoms with E-state index in [0.29, 0.717) is 12.1 Å². The SMILES string of the molecule is CC(C)CC(=O)Nc1ccc(N(C)C)c(CN(Cc2ccc(F)cc2)C(=O)c2ccco2)c1. The van der Waals surface area contributed by atoms with Gasteiger partial charge in [-0.3, -0.25) is 9.59 Å². The first-order valence-corrected chi connectivity index (χ1v) is 10.9. The van der Waals surface area contributed by atoms with Crippen LogP contribution < -0.4 is 10.2 Å². The molecule has 0 aliphatic rings. The molecule has 0 atom stereocenters. The van der Waals surface area contributed by atoms with Crippen molar-refractivity contribution < 1.29 is 18.4 Å². The van der Waals surface area contributed by atoms with E-state index in [0.717, 1.165) is 16.8 Å². The zero-order chi connectivity index (χ0) is 24.0. The van der Waals surface area contributed by atoms with Crippen LogP contribution in [0, 0.1) is 11.7 Å². The zero-order valence-corrected chi connectivity index (χ0v) is 19.5. The Morgan fingerprint density at radius 2 is 1.76 bits per heavy atom. The molecular weight excluding hydrogens is 421 g/mol. The minimum absolute atomic E-state index is 0.0524. The first-order valence-electron chi connectivity index (χ1n) is 10.9. The van der Waals surface area contributed by atoms with Crippen LogP contribution in [0.5, 0.6) is 0 Å². The molecule has 0 saturated carbocycles. The summed E-state index contributed by atoms with van der Waals surface area (Å²) in [6.45, 7) is 4.54. The quantitative estimate of drug-likeness (QED) is 0.479. The van der Waals surface area contributed by atoms with E-state index >= 15 is 0 Å². The molecule has 0 aliphatic heterocycles. The van der Waals surface area contributed by atoms with Crippen LogP contribution in [-0.2, 0) is 17.9 Å². The number of rotatable bonds is 9. The van der Waals surface area contributed by atoms with E-state index in [1.807, 2.05) is 51.0 Å². The Labute approximate surface area is 194 Å². The fraction of sp³-hybridized carbons (Fsp3) is 0.308. The second-order valence-electron chi connectivity index (χ2n) is 8.65. The number of hydrogen-bond donors (Lipinski definition) is 1. The Morgan fingerprint density at radius 1 is 1.03 bits per heavy atom. The van der Waals surface area contributed by atoms with E-state index in [1.165, 1.54) is 18.4 Å². The maximum atomic E-state index is 13.4. The van der Waals surface area contributed by atoms with Crippen molar-refractivity contribution in [3.05, 3.63) is 83.6 Å². The summed E-state index contributed by atoms with van der Waals surface area (Å²) in [5.41, 5.74) is 3.26. The summed E-state index contributed by atoms with van der Waals surface area (Å²) in [5, 5.41) is 2.94. The van der Waals surface area contributed by atoms with Gasteiger partial charge in [0.1, 0.15) is 5.82 Å². The molecular formula is C26H30FN3O3. The third-order valence-electron chi connectivity index (χ3n) is 5.11. The molecule has 3 rings (SSSR count). The average Bonchev–Trinajstić information content (AvgIpc) is 3.28. The molecule has 1 aromatic heterocycles. The molecule has 6 nitrogen and oxygen atoms in total. The molecule has 0 spiro atoms. The number of carbonyl (C=O) groups is 2. The van der Waals surface area contributed by atoms with E-state index < -0.39 is 0 Å². The Balaban J connectivity index is 1.92. The van der Waals surface area contributed by atoms with Crippen LogP contribution in [0.2, 0.25) is 0 Å². The van der Waals surface area contributed by atoms with E-state index in [2.05, 4.69) is 5.32 Å². The maximum absolute atomic E-state index is 13.4. The van der Waals surface area contributed by atoms with E-state index in [-0.39, 0.29) is 42.4 Å². The van der Waals surface area contributed by atoms with Crippen LogP contribution in [0.1, 0.15) is 41.9 Å². The van der Waals surface area contributed by atoms with E-state index in [4.69, 9.17) is 4.42 Å². The van der Waals surface area contributed by atoms with Gasteiger partial charge in [-0.1, -0.05) is 26.0 Å². The van der Waals surface area contributed by atoms with E-state index in [9.17, 15) is 14.0 Å². The van der Waals surface area contributed by atoms with Gasteiger partial charge in [-0.05, 0) is 59.5 Å². The van der Waals surface area contributed by atoms with Crippen LogP contribution in [0.25, 0.3) is 0 Å². The first-order chi connectivity index (χ1) is 15.7. The fourth-order valence-electron chi connectivity index (χ4n) is 3.58. The van der Waals surface area contributed by atoms with Gasteiger partial charge < -0.3 is 19.5 Å². The summed E-state index contributed by atoms with van der Waals surface area (Å²) in [6.07, 6.45) is 1.89. The molecule has 0 bridgehead atoms. The van der Waals surface area contributed by atoms with Crippen LogP contribution in [-0.4, -0.2) is 30.8 Å². The number of furan rings is 1. The Morgan fingerprint density at radius 3 is 2.36 bits per heavy atom. The van der Waals surface area contributed by atoms with Gasteiger partial charge in [-0.2, -0.15) is 0 Å². The standard InChI is InChI=1S/C26H30FN3O3/c1-18(2)14-25(31)28-22-11-12-23(29(3)4)20(15-22)17-30(26(32)24-6-5-13-33-24)16-19-7-9-21(27)10-8-19/h5-13,15,18H,14,16-17H2,1-4H3,(H,28,31). The summed E-state index contributed by atoms with van der Waals surface area (Å²) in [4.78, 5) is 29.1. The summed E-state index contributed by atoms with van der Waals surface area (Å²) >= 11 is 0. The molecule has 7 heteroatoms. The molecule has 0 aliphatic carbocycles. The Bertz CT molecular complexity index is 1080. The van der Waals surface area contributed by atoms with Gasteiger partial charge >= 0.3 is 0 Å². The molecule has 0 fully saturated rings. The minimum atomic E-state index is -0.331. The van der Waals surface area contributed by atoms with Crippen molar-refractivity contribution >= 4 is 23.2 Å². The van der Waals surface area contributed by atoms with Crippen molar-refractivity contribution in [2.75, 3.05) is 24.3 Å². The van der Waals surface area contributed by atoms with Crippen molar-refractivity contribution in [2.45, 2.75) is 33.4 Å². The largest absolute Gasteiger partial charge is 0.459 e. The molecule has 0 unspecified atom stereocenters. The van der Waals surface area contributed by atoms with E-state index in [1.54, 1.807) is 29.2 Å². The number of hydrogen-bond acceptors (Lipinski definition) is 4. The zero-order valence-electron chi connectivity index (χ0n) is 19.5. The van der Waals surface area contributed by atoms with Crippen LogP contribution in [0.4, 0.5) is 15.8 Å². The Kier molecular flexibility index (Phi) is 7.87. The average molecular weight is 452 g/mol. The predicted octanol–water partition coefficient (Wildman–Crippen LogP) is 5.31. The van der Waals surface area contributed by atoms with Gasteiger partial charge in [-0.15, -0.1) is 0 Å². The highest BCUT2D eigenvalue weighted by molar-refractivity contribution is 5.92. The van der Waals surface area contributed by atoms with Crippen LogP contribution in [0.15, 0.2) is 65.3 Å². The highest BCUT2D eigenvalue weighted by atomic mass is 19.1. The summed E-state index contributed by atoms with van der Waals surface area (Å²) in [6, 6.07) is 15.0. The molecule has 3 aromatic rings. The number of anilines is 2. The van der Waals surface area contributed by atoms with Gasteiger partial charge in [0.25, 0.3) is 5.91 Å². The smallest absolute Gasteiger partial charge is 0.290 e. The summed E-state index contributed by atoms with van der Waals surface area (Å²) in [7, 11) is 3.85. The molecule has 1 heterocycles. The van der Waals surface area contributed by atoms with Gasteiger partial charge in [0, 0.05) is 45.0 Å². The van der Waals surface area contributed by atoms with Gasteiger partial charge in [-0.25, -0.2) is 4.39 Å². The van der Waals surface area contributed by atoms with Crippen molar-refractivity contribution in [3.63, 3.8) is 0 Å². The number of halogens is 1. The van der Waals surface area contributed by atoms with Crippen LogP contribution in [0.3, 0.4) is 0 Å². The number of carbonyl (C=O) groups excluding carboxylic acids is 2. The number of nitrogens with zero attached hydrogens (tertiary/aromatic N) is 2. The third-order valence-corrected chi connectivity index (χ3v) is 5.11. The second kappa shape index (κ2) is 10.8. The molecule has 33 heavy (non-hydrogen) atoms. The predicted molar refractivity (Wildman–Crippen MR) is 128 cm³/mol. The minimum Gasteiger partial charge on any atom is -0.459 e. The van der Waals surface area contributed by atoms with Crippen molar-refractivity contribution in [1.82, 2.24) is 4.90 Å². The summed E-state index contributed by atoms with van der Waals surface area (Å²) < 4.78 is 18.7. The van der Waals surface area contributed by atoms with Crippen molar-refractivity contribution in [3.8, 4) is 0 Å². The molecule has 0 radical (unpaired) electrons. The maximum Gasteiger partial charge on any atom is 0.290 e. The fourth-order valence-corrected chi connectivity index (χ4v) is 3.58. The molecule has 1 N–H and O–H groups in total. The lowest BCUT2D eigenvalue weighted by Crippen LogP contribution is -2.30. The first kappa shape index (κ1) is 24.0. The van der Waals surface area contributed by atoms with Gasteiger partial charge in [0.2, 0.25) is 5.91 Å². The number of amides is 2. The second-order valence-corrected chi connectivity index (χ2v) is 8.65. The van der Waals surface area contributed by atoms with Crippen molar-refractivity contribution in [2.24, 2.45) is 5.92 Å². The summed E-state index contributed by atoms with van der Waals surface area (Å²) in [5.74, 6) is -0.179. The molecule has 2 amide bonds. The monoisotopic (exact) mass is 451 g/mol. The molecule has 0 saturated heterocycles. The normalized spacial score (nSPS) is 10.8. The lowest BCUT2D eigenvalue weighted by atomic mass is 10.1. The van der Waals surface area contributed by atoms with Crippen molar-refractivity contribution in [1.29, 1.82) is 0 Å². The Hall–Kier alpha value is -3.61. The third kappa shape index (κ3) is 6.68. The van der Waals surface area contributed by atoms with Crippen LogP contribution >= 0.6 is 0 Å². The number of benzene rings is 2. The van der Waals surface area contributed by atoms with Gasteiger partial charge in [0.05, 0.1) is 6.26 Å². The number of nitrogens with one attached hydrogen (secondary N) is 1. The molecule has 2 aromatic carbocycles. The lowest BCUT2D eigenvalue weighted by Gasteiger charge is -2.26. The topological polar surface area (TPSA) is 65.8 Å². The highest BCUT2D eigenvalue weighted by Gasteiger charge is 2.21. The lowest BCUT2D eigenvalue weighted by molar-refractivity contribution is -0.116.